The summed E-state index contributed by atoms with van der Waals surface area (Å²) < 4.78 is 0. The molecule has 0 saturated carbocycles. The molecule has 2 nitrogen and oxygen atoms in total. The Morgan fingerprint density at radius 3 is 2.57 bits per heavy atom. The Hall–Kier alpha value is -0.0800. The molecule has 84 valence electrons. The molecule has 0 bridgehead atoms. The summed E-state index contributed by atoms with van der Waals surface area (Å²) in [5, 5.41) is 3.20. The minimum atomic E-state index is 0.475. The molecule has 1 fully saturated rings. The van der Waals surface area contributed by atoms with Crippen molar-refractivity contribution in [3.8, 4) is 0 Å². The molecule has 2 heteroatoms. The van der Waals surface area contributed by atoms with Crippen molar-refractivity contribution in [1.29, 1.82) is 0 Å². The molecule has 0 unspecified atom stereocenters. The predicted molar refractivity (Wildman–Crippen MR) is 62.7 cm³/mol. The van der Waals surface area contributed by atoms with Crippen molar-refractivity contribution in [2.24, 2.45) is 0 Å². The number of nitrogens with one attached hydrogen (secondary N) is 1. The molecule has 1 saturated heterocycles. The number of hydrogen-bond donors (Lipinski definition) is 1. The monoisotopic (exact) mass is 198 g/mol. The Morgan fingerprint density at radius 2 is 2.00 bits per heavy atom. The topological polar surface area (TPSA) is 15.3 Å². The van der Waals surface area contributed by atoms with Gasteiger partial charge in [0, 0.05) is 5.54 Å². The fraction of sp³-hybridized carbons (Fsp3) is 1.00. The molecule has 1 N–H and O–H groups in total. The Bertz CT molecular complexity index is 154. The first kappa shape index (κ1) is 12.0. The van der Waals surface area contributed by atoms with Crippen LogP contribution in [-0.2, 0) is 0 Å². The van der Waals surface area contributed by atoms with Crippen LogP contribution in [0.4, 0.5) is 0 Å². The van der Waals surface area contributed by atoms with Gasteiger partial charge >= 0.3 is 0 Å². The standard InChI is InChI=1S/C12H26N2/c1-12(2)8-7-11-14(12)10-6-4-5-9-13-3/h13H,4-11H2,1-3H3. The maximum atomic E-state index is 3.20. The van der Waals surface area contributed by atoms with Gasteiger partial charge in [0.2, 0.25) is 0 Å². The zero-order chi connectivity index (χ0) is 10.4. The van der Waals surface area contributed by atoms with Crippen molar-refractivity contribution in [2.45, 2.75) is 51.5 Å². The van der Waals surface area contributed by atoms with Crippen molar-refractivity contribution < 1.29 is 0 Å². The summed E-state index contributed by atoms with van der Waals surface area (Å²) in [6.45, 7) is 8.56. The second-order valence-corrected chi connectivity index (χ2v) is 5.07. The van der Waals surface area contributed by atoms with E-state index >= 15 is 0 Å². The third-order valence-electron chi connectivity index (χ3n) is 3.43. The van der Waals surface area contributed by atoms with Crippen LogP contribution in [0.3, 0.4) is 0 Å². The van der Waals surface area contributed by atoms with Gasteiger partial charge in [0.05, 0.1) is 0 Å². The smallest absolute Gasteiger partial charge is 0.0153 e. The molecule has 0 aromatic carbocycles. The van der Waals surface area contributed by atoms with Crippen LogP contribution in [0, 0.1) is 0 Å². The molecule has 0 atom stereocenters. The van der Waals surface area contributed by atoms with E-state index in [0.29, 0.717) is 5.54 Å². The largest absolute Gasteiger partial charge is 0.320 e. The third-order valence-corrected chi connectivity index (χ3v) is 3.43. The molecule has 1 aliphatic rings. The van der Waals surface area contributed by atoms with Gasteiger partial charge in [-0.2, -0.15) is 0 Å². The van der Waals surface area contributed by atoms with Gasteiger partial charge in [-0.3, -0.25) is 4.90 Å². The van der Waals surface area contributed by atoms with Crippen LogP contribution >= 0.6 is 0 Å². The van der Waals surface area contributed by atoms with E-state index in [1.165, 1.54) is 51.7 Å². The van der Waals surface area contributed by atoms with E-state index in [1.54, 1.807) is 0 Å². The van der Waals surface area contributed by atoms with Crippen LogP contribution in [0.25, 0.3) is 0 Å². The highest BCUT2D eigenvalue weighted by molar-refractivity contribution is 4.87. The van der Waals surface area contributed by atoms with Crippen molar-refractivity contribution in [3.05, 3.63) is 0 Å². The number of hydrogen-bond acceptors (Lipinski definition) is 2. The molecule has 0 aromatic heterocycles. The molecule has 1 rings (SSSR count). The van der Waals surface area contributed by atoms with Crippen molar-refractivity contribution in [2.75, 3.05) is 26.7 Å². The van der Waals surface area contributed by atoms with Gasteiger partial charge in [0.1, 0.15) is 0 Å². The molecule has 0 amide bonds. The summed E-state index contributed by atoms with van der Waals surface area (Å²) in [5.74, 6) is 0. The molecule has 0 spiro atoms. The van der Waals surface area contributed by atoms with Gasteiger partial charge in [0.25, 0.3) is 0 Å². The summed E-state index contributed by atoms with van der Waals surface area (Å²) in [4.78, 5) is 2.66. The number of nitrogens with zero attached hydrogens (tertiary/aromatic N) is 1. The molecule has 1 aliphatic heterocycles. The lowest BCUT2D eigenvalue weighted by atomic mass is 10.0. The first-order valence-electron chi connectivity index (χ1n) is 6.06. The molecular weight excluding hydrogens is 172 g/mol. The molecule has 0 radical (unpaired) electrons. The Kier molecular flexibility index (Phi) is 4.90. The highest BCUT2D eigenvalue weighted by Gasteiger charge is 2.30. The van der Waals surface area contributed by atoms with Crippen LogP contribution in [0.1, 0.15) is 46.0 Å². The van der Waals surface area contributed by atoms with E-state index in [1.807, 2.05) is 7.05 Å². The molecule has 0 aromatic rings. The Morgan fingerprint density at radius 1 is 1.21 bits per heavy atom. The SMILES string of the molecule is CNCCCCCN1CCCC1(C)C. The van der Waals surface area contributed by atoms with Gasteiger partial charge < -0.3 is 5.32 Å². The normalized spacial score (nSPS) is 21.6. The lowest BCUT2D eigenvalue weighted by molar-refractivity contribution is 0.171. The van der Waals surface area contributed by atoms with E-state index in [0.717, 1.165) is 0 Å². The lowest BCUT2D eigenvalue weighted by Gasteiger charge is -2.31. The van der Waals surface area contributed by atoms with Crippen molar-refractivity contribution >= 4 is 0 Å². The van der Waals surface area contributed by atoms with E-state index in [4.69, 9.17) is 0 Å². The van der Waals surface area contributed by atoms with Crippen LogP contribution in [0.2, 0.25) is 0 Å². The summed E-state index contributed by atoms with van der Waals surface area (Å²) in [6.07, 6.45) is 6.83. The number of rotatable bonds is 6. The van der Waals surface area contributed by atoms with E-state index in [2.05, 4.69) is 24.1 Å². The first-order chi connectivity index (χ1) is 6.67. The third kappa shape index (κ3) is 3.58. The van der Waals surface area contributed by atoms with Crippen LogP contribution in [0.5, 0.6) is 0 Å². The Balaban J connectivity index is 2.06. The highest BCUT2D eigenvalue weighted by atomic mass is 15.2. The quantitative estimate of drug-likeness (QED) is 0.659. The van der Waals surface area contributed by atoms with Gasteiger partial charge in [-0.05, 0) is 66.2 Å². The van der Waals surface area contributed by atoms with Gasteiger partial charge in [-0.25, -0.2) is 0 Å². The van der Waals surface area contributed by atoms with Crippen LogP contribution in [0.15, 0.2) is 0 Å². The molecular formula is C12H26N2. The van der Waals surface area contributed by atoms with Crippen LogP contribution in [-0.4, -0.2) is 37.1 Å². The maximum Gasteiger partial charge on any atom is 0.0153 e. The Labute approximate surface area is 89.1 Å². The van der Waals surface area contributed by atoms with Crippen molar-refractivity contribution in [1.82, 2.24) is 10.2 Å². The second-order valence-electron chi connectivity index (χ2n) is 5.07. The van der Waals surface area contributed by atoms with Crippen molar-refractivity contribution in [3.63, 3.8) is 0 Å². The molecule has 1 heterocycles. The minimum absolute atomic E-state index is 0.475. The molecule has 0 aliphatic carbocycles. The average Bonchev–Trinajstić information content (AvgIpc) is 2.45. The average molecular weight is 198 g/mol. The van der Waals surface area contributed by atoms with Gasteiger partial charge in [0.15, 0.2) is 0 Å². The maximum absolute atomic E-state index is 3.20. The van der Waals surface area contributed by atoms with Gasteiger partial charge in [-0.1, -0.05) is 6.42 Å². The summed E-state index contributed by atoms with van der Waals surface area (Å²) >= 11 is 0. The number of likely N-dealkylation sites (tertiary alicyclic amines) is 1. The minimum Gasteiger partial charge on any atom is -0.320 e. The zero-order valence-corrected chi connectivity index (χ0v) is 10.1. The summed E-state index contributed by atoms with van der Waals surface area (Å²) in [5.41, 5.74) is 0.475. The fourth-order valence-corrected chi connectivity index (χ4v) is 2.36. The highest BCUT2D eigenvalue weighted by Crippen LogP contribution is 2.28. The number of unbranched alkanes of at least 4 members (excludes halogenated alkanes) is 2. The van der Waals surface area contributed by atoms with Gasteiger partial charge in [-0.15, -0.1) is 0 Å². The van der Waals surface area contributed by atoms with Crippen LogP contribution < -0.4 is 5.32 Å². The summed E-state index contributed by atoms with van der Waals surface area (Å²) in [6, 6.07) is 0. The first-order valence-corrected chi connectivity index (χ1v) is 6.06. The second kappa shape index (κ2) is 5.72. The molecule has 14 heavy (non-hydrogen) atoms. The van der Waals surface area contributed by atoms with E-state index in [-0.39, 0.29) is 0 Å². The van der Waals surface area contributed by atoms with E-state index in [9.17, 15) is 0 Å². The lowest BCUT2D eigenvalue weighted by Crippen LogP contribution is -2.38. The van der Waals surface area contributed by atoms with E-state index < -0.39 is 0 Å². The zero-order valence-electron chi connectivity index (χ0n) is 10.1. The predicted octanol–water partition coefficient (Wildman–Crippen LogP) is 2.25. The summed E-state index contributed by atoms with van der Waals surface area (Å²) in [7, 11) is 2.03. The fourth-order valence-electron chi connectivity index (χ4n) is 2.36.